The SMILES string of the molecule is CC(C)(CNCc1ccccc1Cl)C(=O)O. The number of hydrogen-bond donors (Lipinski definition) is 2. The van der Waals surface area contributed by atoms with Gasteiger partial charge >= 0.3 is 5.97 Å². The second kappa shape index (κ2) is 5.32. The zero-order chi connectivity index (χ0) is 12.2. The standard InChI is InChI=1S/C12H16ClNO2/c1-12(2,11(15)16)8-14-7-9-5-3-4-6-10(9)13/h3-6,14H,7-8H2,1-2H3,(H,15,16). The Balaban J connectivity index is 2.48. The fraction of sp³-hybridized carbons (Fsp3) is 0.417. The number of benzene rings is 1. The molecule has 4 heteroatoms. The van der Waals surface area contributed by atoms with E-state index in [1.807, 2.05) is 24.3 Å². The summed E-state index contributed by atoms with van der Waals surface area (Å²) in [6.07, 6.45) is 0. The van der Waals surface area contributed by atoms with Crippen LogP contribution < -0.4 is 5.32 Å². The van der Waals surface area contributed by atoms with Gasteiger partial charge in [0.15, 0.2) is 0 Å². The highest BCUT2D eigenvalue weighted by atomic mass is 35.5. The van der Waals surface area contributed by atoms with Crippen molar-refractivity contribution in [2.75, 3.05) is 6.54 Å². The normalized spacial score (nSPS) is 11.4. The van der Waals surface area contributed by atoms with E-state index in [4.69, 9.17) is 16.7 Å². The van der Waals surface area contributed by atoms with Crippen molar-refractivity contribution >= 4 is 17.6 Å². The van der Waals surface area contributed by atoms with Crippen molar-refractivity contribution in [2.24, 2.45) is 5.41 Å². The van der Waals surface area contributed by atoms with Crippen molar-refractivity contribution < 1.29 is 9.90 Å². The summed E-state index contributed by atoms with van der Waals surface area (Å²) in [5, 5.41) is 12.7. The molecule has 0 saturated heterocycles. The minimum absolute atomic E-state index is 0.410. The smallest absolute Gasteiger partial charge is 0.310 e. The Bertz CT molecular complexity index is 377. The van der Waals surface area contributed by atoms with Crippen molar-refractivity contribution in [1.82, 2.24) is 5.32 Å². The molecule has 0 unspecified atom stereocenters. The molecular formula is C12H16ClNO2. The van der Waals surface area contributed by atoms with E-state index in [2.05, 4.69) is 5.32 Å². The van der Waals surface area contributed by atoms with Crippen LogP contribution in [0.5, 0.6) is 0 Å². The van der Waals surface area contributed by atoms with E-state index >= 15 is 0 Å². The first-order valence-corrected chi connectivity index (χ1v) is 5.49. The van der Waals surface area contributed by atoms with Crippen LogP contribution in [-0.2, 0) is 11.3 Å². The summed E-state index contributed by atoms with van der Waals surface area (Å²) in [6.45, 7) is 4.37. The molecule has 0 spiro atoms. The van der Waals surface area contributed by atoms with Gasteiger partial charge in [-0.3, -0.25) is 4.79 Å². The molecule has 0 saturated carbocycles. The number of halogens is 1. The zero-order valence-electron chi connectivity index (χ0n) is 9.46. The Kier molecular flexibility index (Phi) is 4.33. The van der Waals surface area contributed by atoms with Crippen LogP contribution in [-0.4, -0.2) is 17.6 Å². The van der Waals surface area contributed by atoms with Crippen LogP contribution in [0.3, 0.4) is 0 Å². The third-order valence-electron chi connectivity index (χ3n) is 2.42. The third kappa shape index (κ3) is 3.51. The third-order valence-corrected chi connectivity index (χ3v) is 2.79. The number of carboxylic acids is 1. The lowest BCUT2D eigenvalue weighted by molar-refractivity contribution is -0.146. The summed E-state index contributed by atoms with van der Waals surface area (Å²) >= 11 is 5.98. The molecule has 0 aliphatic rings. The van der Waals surface area contributed by atoms with E-state index in [1.165, 1.54) is 0 Å². The van der Waals surface area contributed by atoms with Gasteiger partial charge in [0.1, 0.15) is 0 Å². The number of hydrogen-bond acceptors (Lipinski definition) is 2. The largest absolute Gasteiger partial charge is 0.481 e. The molecule has 0 heterocycles. The van der Waals surface area contributed by atoms with E-state index in [9.17, 15) is 4.79 Å². The molecule has 0 aromatic heterocycles. The first-order chi connectivity index (χ1) is 7.43. The summed E-state index contributed by atoms with van der Waals surface area (Å²) in [6, 6.07) is 7.52. The Morgan fingerprint density at radius 2 is 2.06 bits per heavy atom. The van der Waals surface area contributed by atoms with Gasteiger partial charge in [-0.25, -0.2) is 0 Å². The molecule has 1 aromatic rings. The van der Waals surface area contributed by atoms with E-state index < -0.39 is 11.4 Å². The van der Waals surface area contributed by atoms with Gasteiger partial charge < -0.3 is 10.4 Å². The maximum absolute atomic E-state index is 10.9. The van der Waals surface area contributed by atoms with Gasteiger partial charge in [-0.1, -0.05) is 29.8 Å². The molecule has 0 radical (unpaired) electrons. The van der Waals surface area contributed by atoms with Gasteiger partial charge in [0, 0.05) is 18.1 Å². The van der Waals surface area contributed by atoms with Gasteiger partial charge in [0.2, 0.25) is 0 Å². The summed E-state index contributed by atoms with van der Waals surface area (Å²) in [7, 11) is 0. The lowest BCUT2D eigenvalue weighted by Gasteiger charge is -2.19. The number of carboxylic acid groups (broad SMARTS) is 1. The number of aliphatic carboxylic acids is 1. The molecule has 1 aromatic carbocycles. The van der Waals surface area contributed by atoms with Crippen LogP contribution in [0.4, 0.5) is 0 Å². The minimum atomic E-state index is -0.806. The van der Waals surface area contributed by atoms with Crippen molar-refractivity contribution in [1.29, 1.82) is 0 Å². The van der Waals surface area contributed by atoms with Crippen LogP contribution in [0.2, 0.25) is 5.02 Å². The van der Waals surface area contributed by atoms with Gasteiger partial charge in [-0.2, -0.15) is 0 Å². The van der Waals surface area contributed by atoms with Gasteiger partial charge in [-0.15, -0.1) is 0 Å². The minimum Gasteiger partial charge on any atom is -0.481 e. The number of nitrogens with one attached hydrogen (secondary N) is 1. The molecule has 0 aliphatic heterocycles. The molecule has 3 nitrogen and oxygen atoms in total. The molecule has 2 N–H and O–H groups in total. The van der Waals surface area contributed by atoms with E-state index in [0.29, 0.717) is 18.1 Å². The van der Waals surface area contributed by atoms with Crippen LogP contribution in [0.15, 0.2) is 24.3 Å². The Hall–Kier alpha value is -1.06. The second-order valence-electron chi connectivity index (χ2n) is 4.38. The maximum atomic E-state index is 10.9. The van der Waals surface area contributed by atoms with Crippen molar-refractivity contribution in [3.8, 4) is 0 Å². The highest BCUT2D eigenvalue weighted by Gasteiger charge is 2.26. The lowest BCUT2D eigenvalue weighted by atomic mass is 9.94. The van der Waals surface area contributed by atoms with Gasteiger partial charge in [0.25, 0.3) is 0 Å². The van der Waals surface area contributed by atoms with Crippen LogP contribution in [0.25, 0.3) is 0 Å². The first-order valence-electron chi connectivity index (χ1n) is 5.11. The second-order valence-corrected chi connectivity index (χ2v) is 4.79. The van der Waals surface area contributed by atoms with Crippen LogP contribution >= 0.6 is 11.6 Å². The Morgan fingerprint density at radius 3 is 2.62 bits per heavy atom. The number of carbonyl (C=O) groups is 1. The van der Waals surface area contributed by atoms with Gasteiger partial charge in [0.05, 0.1) is 5.41 Å². The fourth-order valence-electron chi connectivity index (χ4n) is 1.23. The highest BCUT2D eigenvalue weighted by molar-refractivity contribution is 6.31. The molecule has 16 heavy (non-hydrogen) atoms. The molecule has 0 atom stereocenters. The molecule has 0 aliphatic carbocycles. The Labute approximate surface area is 100 Å². The van der Waals surface area contributed by atoms with Crippen LogP contribution in [0, 0.1) is 5.41 Å². The fourth-order valence-corrected chi connectivity index (χ4v) is 1.43. The van der Waals surface area contributed by atoms with E-state index in [1.54, 1.807) is 13.8 Å². The summed E-state index contributed by atoms with van der Waals surface area (Å²) in [5.41, 5.74) is 0.215. The lowest BCUT2D eigenvalue weighted by Crippen LogP contribution is -2.35. The predicted molar refractivity (Wildman–Crippen MR) is 64.6 cm³/mol. The van der Waals surface area contributed by atoms with Crippen molar-refractivity contribution in [3.63, 3.8) is 0 Å². The predicted octanol–water partition coefficient (Wildman–Crippen LogP) is 2.54. The van der Waals surface area contributed by atoms with Crippen molar-refractivity contribution in [2.45, 2.75) is 20.4 Å². The topological polar surface area (TPSA) is 49.3 Å². The molecule has 0 amide bonds. The van der Waals surface area contributed by atoms with E-state index in [0.717, 1.165) is 5.56 Å². The van der Waals surface area contributed by atoms with E-state index in [-0.39, 0.29) is 0 Å². The van der Waals surface area contributed by atoms with Gasteiger partial charge in [-0.05, 0) is 25.5 Å². The zero-order valence-corrected chi connectivity index (χ0v) is 10.2. The maximum Gasteiger partial charge on any atom is 0.310 e. The molecule has 0 bridgehead atoms. The first kappa shape index (κ1) is 13.0. The molecular weight excluding hydrogens is 226 g/mol. The molecule has 0 fully saturated rings. The summed E-state index contributed by atoms with van der Waals surface area (Å²) in [5.74, 6) is -0.806. The number of rotatable bonds is 5. The molecule has 88 valence electrons. The average molecular weight is 242 g/mol. The van der Waals surface area contributed by atoms with Crippen LogP contribution in [0.1, 0.15) is 19.4 Å². The molecule has 1 rings (SSSR count). The monoisotopic (exact) mass is 241 g/mol. The highest BCUT2D eigenvalue weighted by Crippen LogP contribution is 2.16. The Morgan fingerprint density at radius 1 is 1.44 bits per heavy atom. The summed E-state index contributed by atoms with van der Waals surface area (Å²) in [4.78, 5) is 10.9. The van der Waals surface area contributed by atoms with Crippen molar-refractivity contribution in [3.05, 3.63) is 34.9 Å². The summed E-state index contributed by atoms with van der Waals surface area (Å²) < 4.78 is 0. The quantitative estimate of drug-likeness (QED) is 0.833. The average Bonchev–Trinajstić information content (AvgIpc) is 2.20.